The lowest BCUT2D eigenvalue weighted by Gasteiger charge is -2.11. The van der Waals surface area contributed by atoms with Crippen LogP contribution < -0.4 is 10.6 Å². The van der Waals surface area contributed by atoms with Crippen LogP contribution in [0.2, 0.25) is 5.02 Å². The summed E-state index contributed by atoms with van der Waals surface area (Å²) in [6.07, 6.45) is 0. The van der Waals surface area contributed by atoms with Crippen LogP contribution in [-0.2, 0) is 11.3 Å². The second-order valence-electron chi connectivity index (χ2n) is 4.69. The SMILES string of the molecule is CC(=O)Nc1cc(NCc2ccc(Cl)cc2)ccc1C. The van der Waals surface area contributed by atoms with E-state index in [9.17, 15) is 4.79 Å². The number of carbonyl (C=O) groups excluding carboxylic acids is 1. The highest BCUT2D eigenvalue weighted by Crippen LogP contribution is 2.21. The van der Waals surface area contributed by atoms with Crippen LogP contribution in [0, 0.1) is 6.92 Å². The van der Waals surface area contributed by atoms with Crippen LogP contribution in [0.5, 0.6) is 0 Å². The standard InChI is InChI=1S/C16H17ClN2O/c1-11-3-8-15(9-16(11)19-12(2)20)18-10-13-4-6-14(17)7-5-13/h3-9,18H,10H2,1-2H3,(H,19,20). The third kappa shape index (κ3) is 4.00. The molecule has 0 saturated carbocycles. The number of benzene rings is 2. The quantitative estimate of drug-likeness (QED) is 0.884. The van der Waals surface area contributed by atoms with Gasteiger partial charge in [-0.05, 0) is 42.3 Å². The van der Waals surface area contributed by atoms with Crippen molar-refractivity contribution in [3.63, 3.8) is 0 Å². The van der Waals surface area contributed by atoms with Crippen LogP contribution in [0.25, 0.3) is 0 Å². The molecule has 0 aliphatic carbocycles. The molecule has 2 N–H and O–H groups in total. The van der Waals surface area contributed by atoms with E-state index >= 15 is 0 Å². The van der Waals surface area contributed by atoms with Crippen molar-refractivity contribution in [1.82, 2.24) is 0 Å². The predicted molar refractivity (Wildman–Crippen MR) is 84.3 cm³/mol. The average Bonchev–Trinajstić information content (AvgIpc) is 2.41. The molecule has 2 aromatic carbocycles. The molecule has 20 heavy (non-hydrogen) atoms. The molecule has 1 amide bonds. The molecule has 2 rings (SSSR count). The number of halogens is 1. The van der Waals surface area contributed by atoms with Gasteiger partial charge in [0.2, 0.25) is 5.91 Å². The van der Waals surface area contributed by atoms with Gasteiger partial charge in [-0.1, -0.05) is 29.8 Å². The van der Waals surface area contributed by atoms with E-state index in [0.717, 1.165) is 27.5 Å². The van der Waals surface area contributed by atoms with Crippen molar-refractivity contribution in [3.8, 4) is 0 Å². The summed E-state index contributed by atoms with van der Waals surface area (Å²) in [6.45, 7) is 4.18. The summed E-state index contributed by atoms with van der Waals surface area (Å²) in [5.74, 6) is -0.0667. The van der Waals surface area contributed by atoms with E-state index in [4.69, 9.17) is 11.6 Å². The summed E-state index contributed by atoms with van der Waals surface area (Å²) >= 11 is 5.85. The van der Waals surface area contributed by atoms with Crippen LogP contribution in [0.15, 0.2) is 42.5 Å². The molecular weight excluding hydrogens is 272 g/mol. The fourth-order valence-electron chi connectivity index (χ4n) is 1.86. The van der Waals surface area contributed by atoms with Gasteiger partial charge < -0.3 is 10.6 Å². The normalized spacial score (nSPS) is 10.2. The highest BCUT2D eigenvalue weighted by Gasteiger charge is 2.02. The Balaban J connectivity index is 2.06. The molecule has 0 unspecified atom stereocenters. The van der Waals surface area contributed by atoms with E-state index < -0.39 is 0 Å². The first-order chi connectivity index (χ1) is 9.54. The molecule has 3 nitrogen and oxygen atoms in total. The minimum Gasteiger partial charge on any atom is -0.381 e. The van der Waals surface area contributed by atoms with Crippen LogP contribution in [0.3, 0.4) is 0 Å². The maximum absolute atomic E-state index is 11.1. The fourth-order valence-corrected chi connectivity index (χ4v) is 1.99. The zero-order valence-electron chi connectivity index (χ0n) is 11.5. The molecule has 0 aliphatic heterocycles. The zero-order valence-corrected chi connectivity index (χ0v) is 12.3. The van der Waals surface area contributed by atoms with Gasteiger partial charge in [-0.2, -0.15) is 0 Å². The first-order valence-electron chi connectivity index (χ1n) is 6.41. The van der Waals surface area contributed by atoms with Crippen molar-refractivity contribution >= 4 is 28.9 Å². The molecule has 0 atom stereocenters. The Labute approximate surface area is 124 Å². The van der Waals surface area contributed by atoms with Crippen molar-refractivity contribution in [2.45, 2.75) is 20.4 Å². The summed E-state index contributed by atoms with van der Waals surface area (Å²) in [7, 11) is 0. The van der Waals surface area contributed by atoms with Crippen molar-refractivity contribution in [2.75, 3.05) is 10.6 Å². The first kappa shape index (κ1) is 14.4. The van der Waals surface area contributed by atoms with E-state index in [2.05, 4.69) is 10.6 Å². The maximum Gasteiger partial charge on any atom is 0.221 e. The minimum absolute atomic E-state index is 0.0667. The zero-order chi connectivity index (χ0) is 14.5. The molecule has 0 radical (unpaired) electrons. The van der Waals surface area contributed by atoms with Crippen LogP contribution >= 0.6 is 11.6 Å². The predicted octanol–water partition coefficient (Wildman–Crippen LogP) is 4.22. The number of hydrogen-bond acceptors (Lipinski definition) is 2. The minimum atomic E-state index is -0.0667. The van der Waals surface area contributed by atoms with Gasteiger partial charge in [-0.25, -0.2) is 0 Å². The van der Waals surface area contributed by atoms with Gasteiger partial charge in [0.05, 0.1) is 0 Å². The highest BCUT2D eigenvalue weighted by atomic mass is 35.5. The monoisotopic (exact) mass is 288 g/mol. The molecule has 0 saturated heterocycles. The van der Waals surface area contributed by atoms with E-state index in [1.807, 2.05) is 49.4 Å². The van der Waals surface area contributed by atoms with Gasteiger partial charge in [0.15, 0.2) is 0 Å². The second-order valence-corrected chi connectivity index (χ2v) is 5.13. The van der Waals surface area contributed by atoms with Gasteiger partial charge in [0.1, 0.15) is 0 Å². The first-order valence-corrected chi connectivity index (χ1v) is 6.79. The summed E-state index contributed by atoms with van der Waals surface area (Å²) in [4.78, 5) is 11.1. The topological polar surface area (TPSA) is 41.1 Å². The Morgan fingerprint density at radius 3 is 2.50 bits per heavy atom. The third-order valence-electron chi connectivity index (χ3n) is 2.96. The van der Waals surface area contributed by atoms with Crippen molar-refractivity contribution in [2.24, 2.45) is 0 Å². The maximum atomic E-state index is 11.1. The van der Waals surface area contributed by atoms with Crippen LogP contribution in [0.4, 0.5) is 11.4 Å². The number of hydrogen-bond donors (Lipinski definition) is 2. The number of aryl methyl sites for hydroxylation is 1. The van der Waals surface area contributed by atoms with Gasteiger partial charge in [-0.15, -0.1) is 0 Å². The molecule has 0 spiro atoms. The third-order valence-corrected chi connectivity index (χ3v) is 3.21. The molecule has 0 heterocycles. The number of rotatable bonds is 4. The lowest BCUT2D eigenvalue weighted by Crippen LogP contribution is -2.08. The van der Waals surface area contributed by atoms with E-state index in [-0.39, 0.29) is 5.91 Å². The fraction of sp³-hybridized carbons (Fsp3) is 0.188. The lowest BCUT2D eigenvalue weighted by molar-refractivity contribution is -0.114. The Hall–Kier alpha value is -2.00. The number of nitrogens with one attached hydrogen (secondary N) is 2. The molecule has 104 valence electrons. The number of amides is 1. The molecule has 0 fully saturated rings. The van der Waals surface area contributed by atoms with Crippen LogP contribution in [0.1, 0.15) is 18.1 Å². The largest absolute Gasteiger partial charge is 0.381 e. The Morgan fingerprint density at radius 2 is 1.85 bits per heavy atom. The van der Waals surface area contributed by atoms with Crippen molar-refractivity contribution < 1.29 is 4.79 Å². The Kier molecular flexibility index (Phi) is 4.64. The van der Waals surface area contributed by atoms with Crippen molar-refractivity contribution in [1.29, 1.82) is 0 Å². The molecule has 0 aliphatic rings. The lowest BCUT2D eigenvalue weighted by atomic mass is 10.1. The smallest absolute Gasteiger partial charge is 0.221 e. The van der Waals surface area contributed by atoms with E-state index in [0.29, 0.717) is 6.54 Å². The molecule has 2 aromatic rings. The van der Waals surface area contributed by atoms with Crippen molar-refractivity contribution in [3.05, 3.63) is 58.6 Å². The van der Waals surface area contributed by atoms with Gasteiger partial charge in [-0.3, -0.25) is 4.79 Å². The Morgan fingerprint density at radius 1 is 1.15 bits per heavy atom. The van der Waals surface area contributed by atoms with Gasteiger partial charge in [0.25, 0.3) is 0 Å². The van der Waals surface area contributed by atoms with E-state index in [1.165, 1.54) is 6.92 Å². The van der Waals surface area contributed by atoms with Crippen LogP contribution in [-0.4, -0.2) is 5.91 Å². The molecule has 4 heteroatoms. The summed E-state index contributed by atoms with van der Waals surface area (Å²) in [5.41, 5.74) is 3.99. The summed E-state index contributed by atoms with van der Waals surface area (Å²) in [6, 6.07) is 13.6. The Bertz CT molecular complexity index is 608. The summed E-state index contributed by atoms with van der Waals surface area (Å²) in [5, 5.41) is 6.88. The average molecular weight is 289 g/mol. The highest BCUT2D eigenvalue weighted by molar-refractivity contribution is 6.30. The summed E-state index contributed by atoms with van der Waals surface area (Å²) < 4.78 is 0. The van der Waals surface area contributed by atoms with Gasteiger partial charge >= 0.3 is 0 Å². The molecule has 0 bridgehead atoms. The number of carbonyl (C=O) groups is 1. The van der Waals surface area contributed by atoms with Gasteiger partial charge in [0, 0.05) is 29.9 Å². The molecular formula is C16H17ClN2O. The number of anilines is 2. The van der Waals surface area contributed by atoms with E-state index in [1.54, 1.807) is 0 Å². The second kappa shape index (κ2) is 6.44. The molecule has 0 aromatic heterocycles.